The van der Waals surface area contributed by atoms with Crippen LogP contribution in [0.2, 0.25) is 0 Å². The number of nitrogens with zero attached hydrogens (tertiary/aromatic N) is 3. The van der Waals surface area contributed by atoms with Crippen molar-refractivity contribution in [1.29, 1.82) is 0 Å². The fourth-order valence-electron chi connectivity index (χ4n) is 5.24. The van der Waals surface area contributed by atoms with Gasteiger partial charge < -0.3 is 9.88 Å². The van der Waals surface area contributed by atoms with Crippen molar-refractivity contribution in [2.24, 2.45) is 0 Å². The minimum Gasteiger partial charge on any atom is -0.358 e. The molecule has 2 aromatic carbocycles. The molecule has 1 aliphatic heterocycles. The summed E-state index contributed by atoms with van der Waals surface area (Å²) in [5, 5.41) is 2.63. The summed E-state index contributed by atoms with van der Waals surface area (Å²) in [5.74, 6) is -2.82. The molecule has 0 radical (unpaired) electrons. The molecule has 3 aromatic rings. The van der Waals surface area contributed by atoms with E-state index in [2.05, 4.69) is 10.3 Å². The molecule has 2 atom stereocenters. The number of rotatable bonds is 7. The number of benzene rings is 2. The number of aryl methyl sites for hydroxylation is 2. The molecular weight excluding hydrogens is 529 g/mol. The number of fused-ring (bicyclic) bond motifs is 1. The van der Waals surface area contributed by atoms with Crippen LogP contribution in [0.3, 0.4) is 0 Å². The Morgan fingerprint density at radius 3 is 2.31 bits per heavy atom. The number of hydrogen-bond donors (Lipinski definition) is 1. The van der Waals surface area contributed by atoms with E-state index in [0.717, 1.165) is 16.7 Å². The lowest BCUT2D eigenvalue weighted by Gasteiger charge is -2.42. The second-order valence-corrected chi connectivity index (χ2v) is 9.30. The van der Waals surface area contributed by atoms with Gasteiger partial charge in [-0.15, -0.1) is 0 Å². The summed E-state index contributed by atoms with van der Waals surface area (Å²) in [6.07, 6.45) is -9.19. The zero-order valence-electron chi connectivity index (χ0n) is 21.2. The Balaban J connectivity index is 1.79. The summed E-state index contributed by atoms with van der Waals surface area (Å²) in [5.41, 5.74) is 0.00923. The third-order valence-electron chi connectivity index (χ3n) is 6.96. The average molecular weight is 557 g/mol. The van der Waals surface area contributed by atoms with Gasteiger partial charge in [-0.05, 0) is 42.5 Å². The smallest absolute Gasteiger partial charge is 0.358 e. The minimum atomic E-state index is -4.85. The van der Waals surface area contributed by atoms with Gasteiger partial charge >= 0.3 is 12.4 Å². The number of hydrogen-bond acceptors (Lipinski definition) is 3. The second kappa shape index (κ2) is 11.0. The molecule has 0 bridgehead atoms. The van der Waals surface area contributed by atoms with Crippen LogP contribution in [0.15, 0.2) is 48.5 Å². The van der Waals surface area contributed by atoms with E-state index in [1.165, 1.54) is 7.05 Å². The molecule has 0 unspecified atom stereocenters. The number of nitrogens with one attached hydrogen (secondary N) is 1. The number of imidazole rings is 1. The standard InChI is InChI=1S/C27H27F7N4O/c1-3-20-23-21(12-10-16-9-11-18(19(28)15-16)26(29,30)31)37(13-14-38(23)25(36-20)27(32,33)34)22(24(39)35-2)17-7-5-4-6-8-17/h4-9,11,15,21-22H,3,10,12-14H2,1-2H3,(H,35,39)/t21-,22+/m0/s1. The fraction of sp³-hybridized carbons (Fsp3) is 0.407. The van der Waals surface area contributed by atoms with Gasteiger partial charge in [0.05, 0.1) is 23.0 Å². The maximum Gasteiger partial charge on any atom is 0.449 e. The van der Waals surface area contributed by atoms with Crippen LogP contribution in [0.4, 0.5) is 30.7 Å². The molecule has 12 heteroatoms. The first-order valence-electron chi connectivity index (χ1n) is 12.4. The molecule has 2 heterocycles. The highest BCUT2D eigenvalue weighted by Crippen LogP contribution is 2.42. The largest absolute Gasteiger partial charge is 0.449 e. The average Bonchev–Trinajstić information content (AvgIpc) is 3.27. The van der Waals surface area contributed by atoms with E-state index in [1.54, 1.807) is 42.2 Å². The number of aromatic nitrogens is 2. The van der Waals surface area contributed by atoms with Crippen molar-refractivity contribution in [3.63, 3.8) is 0 Å². The fourth-order valence-corrected chi connectivity index (χ4v) is 5.24. The molecule has 1 aliphatic rings. The Bertz CT molecular complexity index is 1320. The Labute approximate surface area is 220 Å². The van der Waals surface area contributed by atoms with Gasteiger partial charge in [0.1, 0.15) is 11.9 Å². The molecule has 0 spiro atoms. The minimum absolute atomic E-state index is 0.0567. The predicted octanol–water partition coefficient (Wildman–Crippen LogP) is 6.10. The highest BCUT2D eigenvalue weighted by Gasteiger charge is 2.44. The number of alkyl halides is 6. The van der Waals surface area contributed by atoms with Crippen molar-refractivity contribution in [2.45, 2.75) is 57.2 Å². The first kappa shape index (κ1) is 28.6. The second-order valence-electron chi connectivity index (χ2n) is 9.30. The Kier molecular flexibility index (Phi) is 8.06. The molecule has 210 valence electrons. The number of carbonyl (C=O) groups is 1. The Hall–Kier alpha value is -3.41. The van der Waals surface area contributed by atoms with Crippen LogP contribution in [-0.2, 0) is 36.5 Å². The maximum absolute atomic E-state index is 14.3. The van der Waals surface area contributed by atoms with Crippen LogP contribution >= 0.6 is 0 Å². The topological polar surface area (TPSA) is 50.2 Å². The Morgan fingerprint density at radius 1 is 1.05 bits per heavy atom. The normalized spacial score (nSPS) is 17.1. The van der Waals surface area contributed by atoms with Gasteiger partial charge in [-0.2, -0.15) is 26.3 Å². The van der Waals surface area contributed by atoms with Gasteiger partial charge in [0, 0.05) is 20.1 Å². The van der Waals surface area contributed by atoms with Crippen molar-refractivity contribution < 1.29 is 35.5 Å². The van der Waals surface area contributed by atoms with E-state index >= 15 is 0 Å². The van der Waals surface area contributed by atoms with Crippen molar-refractivity contribution in [3.8, 4) is 0 Å². The third kappa shape index (κ3) is 5.80. The molecule has 0 saturated heterocycles. The zero-order valence-corrected chi connectivity index (χ0v) is 21.2. The van der Waals surface area contributed by atoms with Gasteiger partial charge in [-0.25, -0.2) is 9.37 Å². The van der Waals surface area contributed by atoms with E-state index in [1.807, 2.05) is 0 Å². The summed E-state index contributed by atoms with van der Waals surface area (Å²) < 4.78 is 96.1. The van der Waals surface area contributed by atoms with Crippen LogP contribution in [0.25, 0.3) is 0 Å². The Morgan fingerprint density at radius 2 is 1.74 bits per heavy atom. The summed E-state index contributed by atoms with van der Waals surface area (Å²) in [6.45, 7) is 1.69. The predicted molar refractivity (Wildman–Crippen MR) is 129 cm³/mol. The highest BCUT2D eigenvalue weighted by atomic mass is 19.4. The maximum atomic E-state index is 14.3. The number of likely N-dealkylation sites (N-methyl/N-ethyl adjacent to an activating group) is 1. The van der Waals surface area contributed by atoms with Crippen LogP contribution in [-0.4, -0.2) is 34.0 Å². The van der Waals surface area contributed by atoms with Crippen LogP contribution < -0.4 is 5.32 Å². The molecule has 1 amide bonds. The number of halogens is 7. The number of carbonyl (C=O) groups excluding carboxylic acids is 1. The van der Waals surface area contributed by atoms with E-state index in [-0.39, 0.29) is 49.5 Å². The molecule has 1 aromatic heterocycles. The van der Waals surface area contributed by atoms with Gasteiger partial charge in [0.25, 0.3) is 0 Å². The van der Waals surface area contributed by atoms with E-state index < -0.39 is 41.6 Å². The molecule has 39 heavy (non-hydrogen) atoms. The lowest BCUT2D eigenvalue weighted by molar-refractivity contribution is -0.148. The quantitative estimate of drug-likeness (QED) is 0.358. The molecule has 1 N–H and O–H groups in total. The van der Waals surface area contributed by atoms with Gasteiger partial charge in [0.15, 0.2) is 0 Å². The SMILES string of the molecule is CCc1nc(C(F)(F)F)n2c1[C@H](CCc1ccc(C(F)(F)F)c(F)c1)N([C@@H](C(=O)NC)c1ccccc1)CC2. The molecule has 0 saturated carbocycles. The summed E-state index contributed by atoms with van der Waals surface area (Å²) in [4.78, 5) is 18.8. The molecule has 0 fully saturated rings. The molecular formula is C27H27F7N4O. The van der Waals surface area contributed by atoms with Crippen LogP contribution in [0.1, 0.15) is 59.3 Å². The highest BCUT2D eigenvalue weighted by molar-refractivity contribution is 5.83. The lowest BCUT2D eigenvalue weighted by Crippen LogP contribution is -2.46. The van der Waals surface area contributed by atoms with Crippen molar-refractivity contribution in [2.75, 3.05) is 13.6 Å². The van der Waals surface area contributed by atoms with Crippen molar-refractivity contribution in [1.82, 2.24) is 19.8 Å². The molecule has 0 aliphatic carbocycles. The zero-order chi connectivity index (χ0) is 28.5. The first-order chi connectivity index (χ1) is 18.4. The monoisotopic (exact) mass is 556 g/mol. The van der Waals surface area contributed by atoms with Crippen molar-refractivity contribution >= 4 is 5.91 Å². The van der Waals surface area contributed by atoms with Gasteiger partial charge in [-0.1, -0.05) is 43.3 Å². The molecule has 4 rings (SSSR count). The van der Waals surface area contributed by atoms with Crippen LogP contribution in [0, 0.1) is 5.82 Å². The van der Waals surface area contributed by atoms with E-state index in [4.69, 9.17) is 0 Å². The van der Waals surface area contributed by atoms with Crippen LogP contribution in [0.5, 0.6) is 0 Å². The summed E-state index contributed by atoms with van der Waals surface area (Å²) >= 11 is 0. The number of amides is 1. The van der Waals surface area contributed by atoms with Crippen molar-refractivity contribution in [3.05, 3.63) is 88.3 Å². The molecule has 5 nitrogen and oxygen atoms in total. The van der Waals surface area contributed by atoms with Gasteiger partial charge in [-0.3, -0.25) is 9.69 Å². The van der Waals surface area contributed by atoms with E-state index in [9.17, 15) is 35.5 Å². The first-order valence-corrected chi connectivity index (χ1v) is 12.4. The van der Waals surface area contributed by atoms with E-state index in [0.29, 0.717) is 17.3 Å². The summed E-state index contributed by atoms with van der Waals surface area (Å²) in [6, 6.07) is 9.76. The third-order valence-corrected chi connectivity index (χ3v) is 6.96. The van der Waals surface area contributed by atoms with Gasteiger partial charge in [0.2, 0.25) is 11.7 Å². The lowest BCUT2D eigenvalue weighted by atomic mass is 9.93. The summed E-state index contributed by atoms with van der Waals surface area (Å²) in [7, 11) is 1.46.